The molecule has 0 bridgehead atoms. The Morgan fingerprint density at radius 2 is 1.97 bits per heavy atom. The van der Waals surface area contributed by atoms with Crippen LogP contribution < -0.4 is 31.9 Å². The van der Waals surface area contributed by atoms with Crippen molar-refractivity contribution in [3.8, 4) is 17.4 Å². The highest BCUT2D eigenvalue weighted by molar-refractivity contribution is 5.95. The van der Waals surface area contributed by atoms with Crippen molar-refractivity contribution in [3.05, 3.63) is 88.1 Å². The molecule has 4 rings (SSSR count). The van der Waals surface area contributed by atoms with Gasteiger partial charge in [-0.25, -0.2) is 19.2 Å². The zero-order valence-corrected chi connectivity index (χ0v) is 18.5. The van der Waals surface area contributed by atoms with Crippen molar-refractivity contribution in [2.75, 3.05) is 19.2 Å². The van der Waals surface area contributed by atoms with Crippen molar-refractivity contribution >= 4 is 11.5 Å². The average molecular weight is 479 g/mol. The summed E-state index contributed by atoms with van der Waals surface area (Å²) >= 11 is 0. The van der Waals surface area contributed by atoms with E-state index < -0.39 is 17.5 Å². The van der Waals surface area contributed by atoms with Gasteiger partial charge in [-0.15, -0.1) is 9.78 Å². The lowest BCUT2D eigenvalue weighted by Gasteiger charge is -2.20. The summed E-state index contributed by atoms with van der Waals surface area (Å²) in [6.07, 6.45) is 2.96. The summed E-state index contributed by atoms with van der Waals surface area (Å²) in [7, 11) is 1.37. The molecule has 2 heterocycles. The molecule has 180 valence electrons. The minimum Gasteiger partial charge on any atom is -0.493 e. The number of halogens is 1. The van der Waals surface area contributed by atoms with Crippen LogP contribution in [0.15, 0.2) is 59.7 Å². The lowest BCUT2D eigenvalue weighted by molar-refractivity contribution is 0.287. The minimum absolute atomic E-state index is 0.0695. The van der Waals surface area contributed by atoms with E-state index in [0.29, 0.717) is 16.8 Å². The molecule has 0 aliphatic carbocycles. The fourth-order valence-corrected chi connectivity index (χ4v) is 3.36. The summed E-state index contributed by atoms with van der Waals surface area (Å²) in [5.41, 5.74) is 11.8. The molecule has 35 heavy (non-hydrogen) atoms. The molecule has 0 fully saturated rings. The molecule has 1 unspecified atom stereocenters. The van der Waals surface area contributed by atoms with Crippen LogP contribution in [-0.4, -0.2) is 44.4 Å². The maximum Gasteiger partial charge on any atom is 0.350 e. The predicted octanol–water partition coefficient (Wildman–Crippen LogP) is 1.28. The Hall–Kier alpha value is -4.78. The van der Waals surface area contributed by atoms with Crippen LogP contribution in [0.25, 0.3) is 5.95 Å². The van der Waals surface area contributed by atoms with Crippen LogP contribution in [-0.2, 0) is 0 Å². The van der Waals surface area contributed by atoms with E-state index in [-0.39, 0.29) is 35.8 Å². The second-order valence-corrected chi connectivity index (χ2v) is 7.19. The van der Waals surface area contributed by atoms with Gasteiger partial charge in [-0.2, -0.15) is 0 Å². The molecule has 1 atom stereocenters. The third-order valence-electron chi connectivity index (χ3n) is 4.97. The number of benzene rings is 2. The van der Waals surface area contributed by atoms with Gasteiger partial charge in [0.2, 0.25) is 0 Å². The Bertz CT molecular complexity index is 1390. The van der Waals surface area contributed by atoms with Crippen LogP contribution in [0, 0.1) is 11.2 Å². The summed E-state index contributed by atoms with van der Waals surface area (Å²) in [6, 6.07) is 10.2. The highest BCUT2D eigenvalue weighted by Gasteiger charge is 2.24. The first kappa shape index (κ1) is 23.4. The molecule has 0 saturated heterocycles. The summed E-state index contributed by atoms with van der Waals surface area (Å²) in [5.74, 6) is -0.595. The van der Waals surface area contributed by atoms with Gasteiger partial charge < -0.3 is 20.5 Å². The number of hydrogen-bond acceptors (Lipinski definition) is 9. The molecular weight excluding hydrogens is 457 g/mol. The lowest BCUT2D eigenvalue weighted by atomic mass is 10.0. The van der Waals surface area contributed by atoms with Crippen molar-refractivity contribution in [3.63, 3.8) is 0 Å². The average Bonchev–Trinajstić information content (AvgIpc) is 3.25. The number of aromatic nitrogens is 5. The number of anilines is 1. The summed E-state index contributed by atoms with van der Waals surface area (Å²) < 4.78 is 26.4. The number of aromatic amines is 1. The maximum atomic E-state index is 14.9. The monoisotopic (exact) mass is 479 g/mol. The maximum absolute atomic E-state index is 14.9. The highest BCUT2D eigenvalue weighted by atomic mass is 19.1. The number of H-pyrrole nitrogens is 1. The number of amidine groups is 1. The third kappa shape index (κ3) is 4.94. The van der Waals surface area contributed by atoms with Gasteiger partial charge >= 0.3 is 5.69 Å². The quantitative estimate of drug-likeness (QED) is 0.134. The Balaban J connectivity index is 1.81. The van der Waals surface area contributed by atoms with E-state index in [1.807, 2.05) is 0 Å². The molecule has 0 aliphatic rings. The summed E-state index contributed by atoms with van der Waals surface area (Å²) in [4.78, 5) is 23.4. The second kappa shape index (κ2) is 10.0. The minimum atomic E-state index is -0.842. The van der Waals surface area contributed by atoms with Gasteiger partial charge in [0.15, 0.2) is 23.1 Å². The van der Waals surface area contributed by atoms with E-state index in [0.717, 1.165) is 4.68 Å². The van der Waals surface area contributed by atoms with E-state index in [1.165, 1.54) is 25.6 Å². The zero-order valence-electron chi connectivity index (χ0n) is 18.5. The number of nitrogen functional groups attached to an aromatic ring is 1. The largest absolute Gasteiger partial charge is 0.493 e. The van der Waals surface area contributed by atoms with Crippen LogP contribution in [0.3, 0.4) is 0 Å². The van der Waals surface area contributed by atoms with Crippen molar-refractivity contribution in [1.82, 2.24) is 24.7 Å². The Morgan fingerprint density at radius 1 is 1.26 bits per heavy atom. The van der Waals surface area contributed by atoms with Gasteiger partial charge in [-0.3, -0.25) is 16.1 Å². The van der Waals surface area contributed by atoms with Gasteiger partial charge in [0.05, 0.1) is 7.11 Å². The molecule has 12 nitrogen and oxygen atoms in total. The first-order valence-corrected chi connectivity index (χ1v) is 10.3. The number of nitrogens with two attached hydrogens (primary N) is 2. The fraction of sp³-hybridized carbons (Fsp3) is 0.136. The number of nitrogens with zero attached hydrogens (tertiary/aromatic N) is 4. The second-order valence-electron chi connectivity index (χ2n) is 7.19. The SMILES string of the molecule is COc1cc(C(Nc2ccc(C(=N)N)cc2)c2nn(-c3ncccn3)c(=O)[nH]2)cc(F)c1OCN. The van der Waals surface area contributed by atoms with Gasteiger partial charge in [-0.05, 0) is 48.0 Å². The molecule has 0 radical (unpaired) electrons. The molecule has 0 saturated carbocycles. The Kier molecular flexibility index (Phi) is 6.69. The molecule has 2 aromatic carbocycles. The Labute approximate surface area is 198 Å². The predicted molar refractivity (Wildman–Crippen MR) is 125 cm³/mol. The van der Waals surface area contributed by atoms with E-state index >= 15 is 0 Å². The van der Waals surface area contributed by atoms with E-state index in [2.05, 4.69) is 25.4 Å². The van der Waals surface area contributed by atoms with Crippen molar-refractivity contribution in [2.45, 2.75) is 6.04 Å². The van der Waals surface area contributed by atoms with E-state index in [9.17, 15) is 9.18 Å². The molecule has 4 aromatic rings. The lowest BCUT2D eigenvalue weighted by Crippen LogP contribution is -2.18. The molecule has 7 N–H and O–H groups in total. The number of nitrogens with one attached hydrogen (secondary N) is 3. The van der Waals surface area contributed by atoms with E-state index in [4.69, 9.17) is 26.4 Å². The fourth-order valence-electron chi connectivity index (χ4n) is 3.36. The summed E-state index contributed by atoms with van der Waals surface area (Å²) in [5, 5.41) is 15.1. The van der Waals surface area contributed by atoms with Crippen molar-refractivity contribution in [2.24, 2.45) is 11.5 Å². The molecular formula is C22H22FN9O3. The van der Waals surface area contributed by atoms with Crippen LogP contribution in [0.2, 0.25) is 0 Å². The number of rotatable bonds is 9. The van der Waals surface area contributed by atoms with Crippen LogP contribution in [0.4, 0.5) is 10.1 Å². The van der Waals surface area contributed by atoms with Crippen LogP contribution in [0.1, 0.15) is 23.0 Å². The first-order chi connectivity index (χ1) is 16.9. The zero-order chi connectivity index (χ0) is 24.9. The highest BCUT2D eigenvalue weighted by Crippen LogP contribution is 2.35. The van der Waals surface area contributed by atoms with E-state index in [1.54, 1.807) is 36.4 Å². The first-order valence-electron chi connectivity index (χ1n) is 10.3. The third-order valence-corrected chi connectivity index (χ3v) is 4.97. The molecule has 13 heteroatoms. The molecule has 0 spiro atoms. The van der Waals surface area contributed by atoms with Gasteiger partial charge in [-0.1, -0.05) is 0 Å². The van der Waals surface area contributed by atoms with Gasteiger partial charge in [0, 0.05) is 23.6 Å². The summed E-state index contributed by atoms with van der Waals surface area (Å²) in [6.45, 7) is -0.244. The van der Waals surface area contributed by atoms with Crippen LogP contribution in [0.5, 0.6) is 11.5 Å². The number of hydrogen-bond donors (Lipinski definition) is 5. The molecule has 0 amide bonds. The topological polar surface area (TPSA) is 183 Å². The van der Waals surface area contributed by atoms with Crippen molar-refractivity contribution < 1.29 is 13.9 Å². The standard InChI is InChI=1S/C22H22FN9O3/c1-34-16-10-13(9-15(23)18(16)35-11-24)17(29-14-5-3-12(4-6-14)19(25)26)20-30-22(33)32(31-20)21-27-7-2-8-28-21/h2-10,17,29H,11,24H2,1H3,(H3,25,26)(H,30,31,33). The number of methoxy groups -OCH3 is 1. The van der Waals surface area contributed by atoms with Crippen molar-refractivity contribution in [1.29, 1.82) is 5.41 Å². The van der Waals surface area contributed by atoms with Gasteiger partial charge in [0.1, 0.15) is 18.6 Å². The molecule has 2 aromatic heterocycles. The van der Waals surface area contributed by atoms with Crippen LogP contribution >= 0.6 is 0 Å². The number of ether oxygens (including phenoxy) is 2. The molecule has 0 aliphatic heterocycles. The van der Waals surface area contributed by atoms with Gasteiger partial charge in [0.25, 0.3) is 5.95 Å². The smallest absolute Gasteiger partial charge is 0.350 e. The normalized spacial score (nSPS) is 11.6. The Morgan fingerprint density at radius 3 is 2.60 bits per heavy atom.